The molecule has 7 heteroatoms. The first-order valence-corrected chi connectivity index (χ1v) is 9.47. The van der Waals surface area contributed by atoms with Gasteiger partial charge in [0.25, 0.3) is 0 Å². The van der Waals surface area contributed by atoms with Crippen molar-refractivity contribution in [1.82, 2.24) is 14.9 Å². The highest BCUT2D eigenvalue weighted by Gasteiger charge is 2.34. The zero-order valence-corrected chi connectivity index (χ0v) is 14.4. The summed E-state index contributed by atoms with van der Waals surface area (Å²) >= 11 is 1.96. The smallest absolute Gasteiger partial charge is 0.153 e. The van der Waals surface area contributed by atoms with E-state index in [0.29, 0.717) is 17.4 Å². The average Bonchev–Trinajstić information content (AvgIpc) is 3.09. The van der Waals surface area contributed by atoms with Crippen molar-refractivity contribution in [3.8, 4) is 0 Å². The van der Waals surface area contributed by atoms with Crippen LogP contribution in [-0.4, -0.2) is 63.4 Å². The Morgan fingerprint density at radius 1 is 1.39 bits per heavy atom. The maximum atomic E-state index is 10.3. The van der Waals surface area contributed by atoms with Crippen molar-refractivity contribution in [3.05, 3.63) is 12.0 Å². The van der Waals surface area contributed by atoms with Gasteiger partial charge in [0, 0.05) is 31.8 Å². The highest BCUT2D eigenvalue weighted by molar-refractivity contribution is 7.99. The lowest BCUT2D eigenvalue weighted by molar-refractivity contribution is 0.150. The van der Waals surface area contributed by atoms with E-state index < -0.39 is 0 Å². The number of likely N-dealkylation sites (tertiary alicyclic amines) is 1. The highest BCUT2D eigenvalue weighted by atomic mass is 32.2. The summed E-state index contributed by atoms with van der Waals surface area (Å²) in [7, 11) is 0. The van der Waals surface area contributed by atoms with Gasteiger partial charge in [-0.25, -0.2) is 9.97 Å². The van der Waals surface area contributed by atoms with Gasteiger partial charge < -0.3 is 10.8 Å². The summed E-state index contributed by atoms with van der Waals surface area (Å²) in [5, 5.41) is 10.3. The van der Waals surface area contributed by atoms with Gasteiger partial charge in [-0.15, -0.1) is 0 Å². The molecule has 126 valence electrons. The Balaban J connectivity index is 1.53. The third-order valence-corrected chi connectivity index (χ3v) is 5.77. The maximum Gasteiger partial charge on any atom is 0.153 e. The third-order valence-electron chi connectivity index (χ3n) is 4.52. The number of rotatable bonds is 7. The van der Waals surface area contributed by atoms with Crippen LogP contribution in [0.1, 0.15) is 31.4 Å². The fourth-order valence-corrected chi connectivity index (χ4v) is 4.48. The lowest BCUT2D eigenvalue weighted by Gasteiger charge is -2.19. The maximum absolute atomic E-state index is 10.3. The molecule has 3 rings (SSSR count). The summed E-state index contributed by atoms with van der Waals surface area (Å²) in [5.74, 6) is 3.19. The Bertz CT molecular complexity index is 567. The van der Waals surface area contributed by atoms with Crippen LogP contribution < -0.4 is 5.73 Å². The third kappa shape index (κ3) is 3.84. The quantitative estimate of drug-likeness (QED) is 0.737. The largest absolute Gasteiger partial charge is 0.391 e. The molecule has 0 bridgehead atoms. The van der Waals surface area contributed by atoms with Gasteiger partial charge in [0.05, 0.1) is 17.7 Å². The van der Waals surface area contributed by atoms with Crippen LogP contribution in [0.15, 0.2) is 11.3 Å². The van der Waals surface area contributed by atoms with Crippen molar-refractivity contribution < 1.29 is 5.11 Å². The molecule has 3 atom stereocenters. The summed E-state index contributed by atoms with van der Waals surface area (Å²) in [6.07, 6.45) is 5.68. The number of hydrogen-bond donors (Lipinski definition) is 2. The molecule has 0 spiro atoms. The first kappa shape index (κ1) is 16.7. The number of nitrogen functional groups attached to an aromatic ring is 1. The van der Waals surface area contributed by atoms with Gasteiger partial charge in [-0.05, 0) is 17.9 Å². The number of aromatic nitrogens is 2. The van der Waals surface area contributed by atoms with E-state index >= 15 is 0 Å². The molecule has 2 aliphatic heterocycles. The minimum Gasteiger partial charge on any atom is -0.391 e. The van der Waals surface area contributed by atoms with Crippen LogP contribution >= 0.6 is 11.8 Å². The molecule has 0 amide bonds. The number of nitrogens with zero attached hydrogens (tertiary/aromatic N) is 4. The monoisotopic (exact) mass is 335 g/mol. The molecule has 0 aromatic carbocycles. The molecule has 1 aromatic heterocycles. The Labute approximate surface area is 141 Å². The molecule has 1 unspecified atom stereocenters. The molecule has 1 aromatic rings. The number of fused-ring (bicyclic) bond motifs is 1. The molecule has 3 heterocycles. The Morgan fingerprint density at radius 2 is 2.26 bits per heavy atom. The van der Waals surface area contributed by atoms with Gasteiger partial charge in [0.2, 0.25) is 0 Å². The summed E-state index contributed by atoms with van der Waals surface area (Å²) in [6, 6.07) is 0. The van der Waals surface area contributed by atoms with E-state index in [1.165, 1.54) is 24.9 Å². The number of aliphatic imine (C=N–C) groups is 1. The topological polar surface area (TPSA) is 87.6 Å². The second kappa shape index (κ2) is 7.59. The second-order valence-corrected chi connectivity index (χ2v) is 7.50. The van der Waals surface area contributed by atoms with Crippen LogP contribution in [-0.2, 0) is 0 Å². The zero-order chi connectivity index (χ0) is 16.2. The Morgan fingerprint density at radius 3 is 3.09 bits per heavy atom. The molecule has 0 aliphatic carbocycles. The van der Waals surface area contributed by atoms with Crippen molar-refractivity contribution in [2.75, 3.05) is 36.9 Å². The molecular weight excluding hydrogens is 310 g/mol. The van der Waals surface area contributed by atoms with E-state index in [0.717, 1.165) is 31.1 Å². The first-order chi connectivity index (χ1) is 11.2. The van der Waals surface area contributed by atoms with Crippen molar-refractivity contribution >= 4 is 29.5 Å². The van der Waals surface area contributed by atoms with Gasteiger partial charge in [0.15, 0.2) is 5.82 Å². The summed E-state index contributed by atoms with van der Waals surface area (Å²) in [5.41, 5.74) is 7.47. The number of hydrogen-bond acceptors (Lipinski definition) is 7. The minimum absolute atomic E-state index is 0.147. The fourth-order valence-electron chi connectivity index (χ4n) is 3.19. The van der Waals surface area contributed by atoms with E-state index in [1.807, 2.05) is 18.0 Å². The van der Waals surface area contributed by atoms with Crippen molar-refractivity contribution in [2.45, 2.75) is 31.8 Å². The van der Waals surface area contributed by atoms with E-state index in [-0.39, 0.29) is 12.0 Å². The molecule has 0 radical (unpaired) electrons. The van der Waals surface area contributed by atoms with Crippen LogP contribution in [0.25, 0.3) is 0 Å². The van der Waals surface area contributed by atoms with Crippen LogP contribution in [0.4, 0.5) is 11.5 Å². The second-order valence-electron chi connectivity index (χ2n) is 6.35. The van der Waals surface area contributed by atoms with Gasteiger partial charge in [-0.3, -0.25) is 9.89 Å². The number of anilines is 1. The first-order valence-electron chi connectivity index (χ1n) is 8.31. The molecule has 0 saturated carbocycles. The summed E-state index contributed by atoms with van der Waals surface area (Å²) < 4.78 is 0. The molecule has 23 heavy (non-hydrogen) atoms. The average molecular weight is 335 g/mol. The van der Waals surface area contributed by atoms with E-state index in [4.69, 9.17) is 5.73 Å². The lowest BCUT2D eigenvalue weighted by atomic mass is 10.1. The summed E-state index contributed by atoms with van der Waals surface area (Å²) in [4.78, 5) is 15.0. The number of aliphatic hydroxyl groups is 1. The SMILES string of the molecule is CCCCSC[C@H]1CN(CC2C=Nc3c(N)ncnc32)C[C@@H]1O. The minimum atomic E-state index is -0.225. The van der Waals surface area contributed by atoms with E-state index in [2.05, 4.69) is 26.8 Å². The normalized spacial score (nSPS) is 26.8. The van der Waals surface area contributed by atoms with Gasteiger partial charge in [0.1, 0.15) is 12.0 Å². The Kier molecular flexibility index (Phi) is 5.50. The van der Waals surface area contributed by atoms with Crippen molar-refractivity contribution in [2.24, 2.45) is 10.9 Å². The highest BCUT2D eigenvalue weighted by Crippen LogP contribution is 2.35. The number of thioether (sulfide) groups is 1. The predicted molar refractivity (Wildman–Crippen MR) is 95.5 cm³/mol. The van der Waals surface area contributed by atoms with Crippen LogP contribution in [0.2, 0.25) is 0 Å². The summed E-state index contributed by atoms with van der Waals surface area (Å²) in [6.45, 7) is 4.73. The molecule has 6 nitrogen and oxygen atoms in total. The molecule has 3 N–H and O–H groups in total. The number of β-amino-alcohol motifs (C(OH)–C–C–N with tert-alkyl or cyclic N) is 1. The van der Waals surface area contributed by atoms with E-state index in [9.17, 15) is 5.11 Å². The number of unbranched alkanes of at least 4 members (excludes halogenated alkanes) is 1. The van der Waals surface area contributed by atoms with E-state index in [1.54, 1.807) is 0 Å². The van der Waals surface area contributed by atoms with Crippen LogP contribution in [0.3, 0.4) is 0 Å². The molecule has 2 aliphatic rings. The number of nitrogens with two attached hydrogens (primary N) is 1. The van der Waals surface area contributed by atoms with Crippen LogP contribution in [0, 0.1) is 5.92 Å². The molecule has 1 fully saturated rings. The van der Waals surface area contributed by atoms with Gasteiger partial charge >= 0.3 is 0 Å². The molecule has 1 saturated heterocycles. The lowest BCUT2D eigenvalue weighted by Crippen LogP contribution is -2.27. The number of aliphatic hydroxyl groups excluding tert-OH is 1. The van der Waals surface area contributed by atoms with Gasteiger partial charge in [-0.2, -0.15) is 11.8 Å². The van der Waals surface area contributed by atoms with Crippen molar-refractivity contribution in [3.63, 3.8) is 0 Å². The Hall–Kier alpha value is -1.18. The van der Waals surface area contributed by atoms with Crippen LogP contribution in [0.5, 0.6) is 0 Å². The molecular formula is C16H25N5OS. The zero-order valence-electron chi connectivity index (χ0n) is 13.6. The predicted octanol–water partition coefficient (Wildman–Crippen LogP) is 1.68. The van der Waals surface area contributed by atoms with Crippen molar-refractivity contribution in [1.29, 1.82) is 0 Å². The fraction of sp³-hybridized carbons (Fsp3) is 0.688. The standard InChI is InChI=1S/C16H25N5OS/c1-2-3-4-23-9-12-7-21(8-13(12)22)6-11-5-18-15-14(11)19-10-20-16(15)17/h5,10-13,22H,2-4,6-9H2,1H3,(H2,17,19,20)/t11?,12-,13+/m1/s1. The van der Waals surface area contributed by atoms with Gasteiger partial charge in [-0.1, -0.05) is 13.3 Å².